The van der Waals surface area contributed by atoms with Crippen molar-refractivity contribution in [3.05, 3.63) is 35.4 Å². The molecule has 3 fully saturated rings. The van der Waals surface area contributed by atoms with E-state index < -0.39 is 0 Å². The van der Waals surface area contributed by atoms with Crippen molar-refractivity contribution in [3.63, 3.8) is 0 Å². The lowest BCUT2D eigenvalue weighted by Crippen LogP contribution is -2.53. The number of hydrogen-bond donors (Lipinski definition) is 0. The molecule has 3 aliphatic rings. The molecule has 1 aliphatic carbocycles. The van der Waals surface area contributed by atoms with E-state index in [1.165, 1.54) is 24.8 Å². The van der Waals surface area contributed by atoms with Crippen LogP contribution in [0.25, 0.3) is 0 Å². The van der Waals surface area contributed by atoms with Crippen LogP contribution in [0, 0.1) is 18.3 Å². The van der Waals surface area contributed by atoms with Gasteiger partial charge in [-0.1, -0.05) is 36.2 Å². The lowest BCUT2D eigenvalue weighted by atomic mass is 9.71. The van der Waals surface area contributed by atoms with Gasteiger partial charge in [-0.3, -0.25) is 9.59 Å². The minimum atomic E-state index is 0.243. The van der Waals surface area contributed by atoms with Crippen LogP contribution in [-0.4, -0.2) is 47.8 Å². The van der Waals surface area contributed by atoms with Gasteiger partial charge in [-0.25, -0.2) is 0 Å². The van der Waals surface area contributed by atoms with Crippen LogP contribution in [0.15, 0.2) is 24.3 Å². The van der Waals surface area contributed by atoms with Crippen LogP contribution in [0.2, 0.25) is 0 Å². The van der Waals surface area contributed by atoms with Gasteiger partial charge in [-0.05, 0) is 55.9 Å². The summed E-state index contributed by atoms with van der Waals surface area (Å²) in [5, 5.41) is 0. The normalized spacial score (nSPS) is 22.8. The molecule has 4 heteroatoms. The van der Waals surface area contributed by atoms with Gasteiger partial charge in [-0.15, -0.1) is 0 Å². The van der Waals surface area contributed by atoms with Gasteiger partial charge in [0, 0.05) is 32.6 Å². The van der Waals surface area contributed by atoms with Crippen molar-refractivity contribution in [1.82, 2.24) is 9.80 Å². The molecular formula is C23H32N2O2. The Morgan fingerprint density at radius 3 is 2.44 bits per heavy atom. The Kier molecular flexibility index (Phi) is 5.25. The summed E-state index contributed by atoms with van der Waals surface area (Å²) in [6.07, 6.45) is 8.20. The molecule has 0 aromatic heterocycles. The molecule has 2 saturated heterocycles. The molecule has 1 spiro atoms. The van der Waals surface area contributed by atoms with Gasteiger partial charge in [-0.2, -0.15) is 0 Å². The molecule has 2 aliphatic heterocycles. The van der Waals surface area contributed by atoms with E-state index in [0.717, 1.165) is 56.9 Å². The lowest BCUT2D eigenvalue weighted by molar-refractivity contribution is -0.143. The Hall–Kier alpha value is -1.84. The maximum Gasteiger partial charge on any atom is 0.226 e. The van der Waals surface area contributed by atoms with Crippen molar-refractivity contribution in [1.29, 1.82) is 0 Å². The summed E-state index contributed by atoms with van der Waals surface area (Å²) in [5.74, 6) is 1.33. The highest BCUT2D eigenvalue weighted by molar-refractivity contribution is 5.79. The fourth-order valence-corrected chi connectivity index (χ4v) is 4.89. The zero-order valence-electron chi connectivity index (χ0n) is 16.6. The SMILES string of the molecule is Cc1ccc(CC(=O)N2CCC3(CCC(=O)N(CC4CCC4)C3)CC2)cc1. The number of amides is 2. The van der Waals surface area contributed by atoms with Crippen molar-refractivity contribution in [2.75, 3.05) is 26.2 Å². The van der Waals surface area contributed by atoms with Gasteiger partial charge in [0.25, 0.3) is 0 Å². The first-order chi connectivity index (χ1) is 13.0. The Labute approximate surface area is 162 Å². The van der Waals surface area contributed by atoms with Crippen LogP contribution in [-0.2, 0) is 16.0 Å². The molecule has 0 bridgehead atoms. The molecule has 0 N–H and O–H groups in total. The fraction of sp³-hybridized carbons (Fsp3) is 0.652. The van der Waals surface area contributed by atoms with Crippen LogP contribution in [0.4, 0.5) is 0 Å². The number of benzene rings is 1. The molecule has 4 rings (SSSR count). The summed E-state index contributed by atoms with van der Waals surface area (Å²) in [7, 11) is 0. The molecule has 4 nitrogen and oxygen atoms in total. The summed E-state index contributed by atoms with van der Waals surface area (Å²) < 4.78 is 0. The summed E-state index contributed by atoms with van der Waals surface area (Å²) in [6, 6.07) is 8.26. The molecule has 1 aromatic carbocycles. The minimum absolute atomic E-state index is 0.243. The first-order valence-corrected chi connectivity index (χ1v) is 10.6. The number of carbonyl (C=O) groups is 2. The largest absolute Gasteiger partial charge is 0.342 e. The van der Waals surface area contributed by atoms with Crippen LogP contribution < -0.4 is 0 Å². The number of carbonyl (C=O) groups excluding carboxylic acids is 2. The average Bonchev–Trinajstić information content (AvgIpc) is 2.63. The molecule has 2 amide bonds. The van der Waals surface area contributed by atoms with E-state index in [-0.39, 0.29) is 11.3 Å². The number of rotatable bonds is 4. The molecule has 146 valence electrons. The summed E-state index contributed by atoms with van der Waals surface area (Å²) in [5.41, 5.74) is 2.57. The van der Waals surface area contributed by atoms with Gasteiger partial charge in [0.15, 0.2) is 0 Å². The summed E-state index contributed by atoms with van der Waals surface area (Å²) in [6.45, 7) is 5.64. The minimum Gasteiger partial charge on any atom is -0.342 e. The second-order valence-electron chi connectivity index (χ2n) is 9.11. The maximum absolute atomic E-state index is 12.7. The van der Waals surface area contributed by atoms with E-state index in [4.69, 9.17) is 0 Å². The van der Waals surface area contributed by atoms with Gasteiger partial charge < -0.3 is 9.80 Å². The van der Waals surface area contributed by atoms with Gasteiger partial charge in [0.1, 0.15) is 0 Å². The monoisotopic (exact) mass is 368 g/mol. The molecule has 0 atom stereocenters. The Morgan fingerprint density at radius 2 is 1.81 bits per heavy atom. The lowest BCUT2D eigenvalue weighted by Gasteiger charge is -2.48. The smallest absolute Gasteiger partial charge is 0.226 e. The molecule has 27 heavy (non-hydrogen) atoms. The predicted molar refractivity (Wildman–Crippen MR) is 106 cm³/mol. The predicted octanol–water partition coefficient (Wildman–Crippen LogP) is 3.57. The number of likely N-dealkylation sites (tertiary alicyclic amines) is 2. The number of nitrogens with zero attached hydrogens (tertiary/aromatic N) is 2. The van der Waals surface area contributed by atoms with E-state index in [9.17, 15) is 9.59 Å². The molecule has 1 aromatic rings. The Bertz CT molecular complexity index is 685. The van der Waals surface area contributed by atoms with Crippen molar-refractivity contribution in [3.8, 4) is 0 Å². The van der Waals surface area contributed by atoms with Crippen molar-refractivity contribution >= 4 is 11.8 Å². The summed E-state index contributed by atoms with van der Waals surface area (Å²) in [4.78, 5) is 29.2. The van der Waals surface area contributed by atoms with Crippen LogP contribution in [0.1, 0.15) is 56.1 Å². The van der Waals surface area contributed by atoms with E-state index in [2.05, 4.69) is 36.1 Å². The summed E-state index contributed by atoms with van der Waals surface area (Å²) >= 11 is 0. The second kappa shape index (κ2) is 7.65. The second-order valence-corrected chi connectivity index (χ2v) is 9.11. The fourth-order valence-electron chi connectivity index (χ4n) is 4.89. The highest BCUT2D eigenvalue weighted by Crippen LogP contribution is 2.41. The van der Waals surface area contributed by atoms with E-state index in [0.29, 0.717) is 18.7 Å². The maximum atomic E-state index is 12.7. The van der Waals surface area contributed by atoms with Crippen molar-refractivity contribution in [2.24, 2.45) is 11.3 Å². The third-order valence-electron chi connectivity index (χ3n) is 7.10. The third kappa shape index (κ3) is 4.20. The van der Waals surface area contributed by atoms with Gasteiger partial charge >= 0.3 is 0 Å². The quantitative estimate of drug-likeness (QED) is 0.815. The Balaban J connectivity index is 1.31. The van der Waals surface area contributed by atoms with Crippen LogP contribution in [0.5, 0.6) is 0 Å². The highest BCUT2D eigenvalue weighted by atomic mass is 16.2. The molecule has 0 radical (unpaired) electrons. The highest BCUT2D eigenvalue weighted by Gasteiger charge is 2.42. The van der Waals surface area contributed by atoms with Crippen LogP contribution >= 0.6 is 0 Å². The first kappa shape index (κ1) is 18.5. The van der Waals surface area contributed by atoms with Gasteiger partial charge in [0.05, 0.1) is 6.42 Å². The van der Waals surface area contributed by atoms with Crippen molar-refractivity contribution < 1.29 is 9.59 Å². The molecule has 2 heterocycles. The molecule has 0 unspecified atom stereocenters. The van der Waals surface area contributed by atoms with E-state index in [1.54, 1.807) is 0 Å². The van der Waals surface area contributed by atoms with Crippen molar-refractivity contribution in [2.45, 2.75) is 58.3 Å². The zero-order chi connectivity index (χ0) is 18.9. The number of aryl methyl sites for hydroxylation is 1. The topological polar surface area (TPSA) is 40.6 Å². The first-order valence-electron chi connectivity index (χ1n) is 10.6. The standard InChI is InChI=1S/C23H32N2O2/c1-18-5-7-19(8-6-18)15-22(27)24-13-11-23(12-14-24)10-9-21(26)25(17-23)16-20-3-2-4-20/h5-8,20H,2-4,9-17H2,1H3. The molecular weight excluding hydrogens is 336 g/mol. The van der Waals surface area contributed by atoms with Crippen LogP contribution in [0.3, 0.4) is 0 Å². The third-order valence-corrected chi connectivity index (χ3v) is 7.10. The van der Waals surface area contributed by atoms with E-state index in [1.807, 2.05) is 4.90 Å². The zero-order valence-corrected chi connectivity index (χ0v) is 16.6. The average molecular weight is 369 g/mol. The van der Waals surface area contributed by atoms with Gasteiger partial charge in [0.2, 0.25) is 11.8 Å². The van der Waals surface area contributed by atoms with E-state index >= 15 is 0 Å². The number of piperidine rings is 2. The Morgan fingerprint density at radius 1 is 1.11 bits per heavy atom. The molecule has 1 saturated carbocycles. The number of hydrogen-bond acceptors (Lipinski definition) is 2.